The fourth-order valence-corrected chi connectivity index (χ4v) is 4.28. The molecular formula is C18H21N5OS. The average Bonchev–Trinajstić information content (AvgIpc) is 3.32. The van der Waals surface area contributed by atoms with Crippen molar-refractivity contribution in [2.24, 2.45) is 0 Å². The van der Waals surface area contributed by atoms with Crippen LogP contribution in [0.2, 0.25) is 0 Å². The van der Waals surface area contributed by atoms with E-state index in [0.29, 0.717) is 0 Å². The summed E-state index contributed by atoms with van der Waals surface area (Å²) in [7, 11) is 0. The Kier molecular flexibility index (Phi) is 4.40. The largest absolute Gasteiger partial charge is 0.345 e. The topological polar surface area (TPSA) is 54.3 Å². The minimum Gasteiger partial charge on any atom is -0.345 e. The van der Waals surface area contributed by atoms with E-state index in [4.69, 9.17) is 4.98 Å². The normalized spacial score (nSPS) is 16.4. The summed E-state index contributed by atoms with van der Waals surface area (Å²) in [6.07, 6.45) is 4.34. The molecule has 0 radical (unpaired) electrons. The van der Waals surface area contributed by atoms with E-state index < -0.39 is 0 Å². The summed E-state index contributed by atoms with van der Waals surface area (Å²) >= 11 is 1.72. The van der Waals surface area contributed by atoms with Gasteiger partial charge in [-0.15, -0.1) is 0 Å². The number of benzene rings is 1. The van der Waals surface area contributed by atoms with Crippen LogP contribution in [-0.4, -0.2) is 51.8 Å². The second kappa shape index (κ2) is 6.84. The molecule has 1 amide bonds. The van der Waals surface area contributed by atoms with Crippen LogP contribution in [0.1, 0.15) is 19.4 Å². The molecular weight excluding hydrogens is 334 g/mol. The highest BCUT2D eigenvalue weighted by molar-refractivity contribution is 7.22. The minimum absolute atomic E-state index is 0.162. The quantitative estimate of drug-likeness (QED) is 0.722. The Morgan fingerprint density at radius 1 is 1.20 bits per heavy atom. The van der Waals surface area contributed by atoms with Gasteiger partial charge in [0.1, 0.15) is 6.04 Å². The Balaban J connectivity index is 1.43. The summed E-state index contributed by atoms with van der Waals surface area (Å²) in [5.41, 5.74) is 1.05. The van der Waals surface area contributed by atoms with Crippen molar-refractivity contribution in [1.82, 2.24) is 19.7 Å². The third-order valence-electron chi connectivity index (χ3n) is 4.66. The lowest BCUT2D eigenvalue weighted by Gasteiger charge is -2.36. The lowest BCUT2D eigenvalue weighted by atomic mass is 10.2. The van der Waals surface area contributed by atoms with Gasteiger partial charge in [0, 0.05) is 38.6 Å². The lowest BCUT2D eigenvalue weighted by molar-refractivity contribution is -0.135. The van der Waals surface area contributed by atoms with Crippen molar-refractivity contribution in [1.29, 1.82) is 0 Å². The zero-order chi connectivity index (χ0) is 17.2. The number of rotatable bonds is 4. The van der Waals surface area contributed by atoms with Gasteiger partial charge in [-0.25, -0.2) is 4.98 Å². The summed E-state index contributed by atoms with van der Waals surface area (Å²) in [6, 6.07) is 9.87. The molecule has 1 fully saturated rings. The first-order valence-electron chi connectivity index (χ1n) is 8.64. The Morgan fingerprint density at radius 2 is 2.00 bits per heavy atom. The van der Waals surface area contributed by atoms with E-state index >= 15 is 0 Å². The molecule has 1 aliphatic heterocycles. The first-order chi connectivity index (χ1) is 12.3. The van der Waals surface area contributed by atoms with Crippen LogP contribution in [0.3, 0.4) is 0 Å². The molecule has 0 saturated carbocycles. The van der Waals surface area contributed by atoms with Gasteiger partial charge in [0.15, 0.2) is 5.13 Å². The van der Waals surface area contributed by atoms with E-state index in [-0.39, 0.29) is 11.9 Å². The zero-order valence-electron chi connectivity index (χ0n) is 14.2. The highest BCUT2D eigenvalue weighted by atomic mass is 32.1. The van der Waals surface area contributed by atoms with Crippen LogP contribution < -0.4 is 4.90 Å². The molecule has 4 rings (SSSR count). The molecule has 0 spiro atoms. The second-order valence-electron chi connectivity index (χ2n) is 6.19. The number of piperazine rings is 1. The number of carbonyl (C=O) groups excluding carboxylic acids is 1. The van der Waals surface area contributed by atoms with Crippen molar-refractivity contribution < 1.29 is 4.79 Å². The third-order valence-corrected chi connectivity index (χ3v) is 5.76. The standard InChI is InChI=1S/C18H21N5OS/c1-2-15(23-9-5-8-19-23)17(24)21-10-12-22(13-11-21)18-20-14-6-3-4-7-16(14)25-18/h3-9,15H,2,10-13H2,1H3. The van der Waals surface area contributed by atoms with Gasteiger partial charge in [-0.1, -0.05) is 30.4 Å². The van der Waals surface area contributed by atoms with E-state index in [1.165, 1.54) is 4.70 Å². The fraction of sp³-hybridized carbons (Fsp3) is 0.389. The van der Waals surface area contributed by atoms with Crippen LogP contribution in [0.25, 0.3) is 10.2 Å². The molecule has 1 saturated heterocycles. The van der Waals surface area contributed by atoms with Gasteiger partial charge in [-0.2, -0.15) is 5.10 Å². The van der Waals surface area contributed by atoms with E-state index in [9.17, 15) is 4.79 Å². The van der Waals surface area contributed by atoms with Crippen molar-refractivity contribution >= 4 is 32.6 Å². The van der Waals surface area contributed by atoms with Gasteiger partial charge in [-0.3, -0.25) is 9.48 Å². The maximum atomic E-state index is 12.8. The molecule has 7 heteroatoms. The van der Waals surface area contributed by atoms with Gasteiger partial charge in [0.2, 0.25) is 5.91 Å². The summed E-state index contributed by atoms with van der Waals surface area (Å²) in [6.45, 7) is 5.13. The van der Waals surface area contributed by atoms with Gasteiger partial charge in [0.05, 0.1) is 10.2 Å². The molecule has 1 aromatic carbocycles. The number of anilines is 1. The molecule has 1 atom stereocenters. The number of aromatic nitrogens is 3. The summed E-state index contributed by atoms with van der Waals surface area (Å²) in [5.74, 6) is 0.162. The second-order valence-corrected chi connectivity index (χ2v) is 7.20. The number of thiazole rings is 1. The number of hydrogen-bond acceptors (Lipinski definition) is 5. The molecule has 2 aromatic heterocycles. The van der Waals surface area contributed by atoms with Gasteiger partial charge < -0.3 is 9.80 Å². The summed E-state index contributed by atoms with van der Waals surface area (Å²) in [5, 5.41) is 5.29. The Morgan fingerprint density at radius 3 is 2.68 bits per heavy atom. The van der Waals surface area contributed by atoms with Crippen LogP contribution in [0, 0.1) is 0 Å². The van der Waals surface area contributed by atoms with Crippen LogP contribution in [0.15, 0.2) is 42.7 Å². The third kappa shape index (κ3) is 3.11. The monoisotopic (exact) mass is 355 g/mol. The van der Waals surface area contributed by atoms with Gasteiger partial charge in [-0.05, 0) is 24.6 Å². The summed E-state index contributed by atoms with van der Waals surface area (Å²) in [4.78, 5) is 21.8. The first kappa shape index (κ1) is 16.1. The van der Waals surface area contributed by atoms with Crippen molar-refractivity contribution in [2.45, 2.75) is 19.4 Å². The van der Waals surface area contributed by atoms with E-state index in [0.717, 1.165) is 43.2 Å². The van der Waals surface area contributed by atoms with Gasteiger partial charge in [0.25, 0.3) is 0 Å². The highest BCUT2D eigenvalue weighted by Gasteiger charge is 2.28. The molecule has 0 N–H and O–H groups in total. The van der Waals surface area contributed by atoms with E-state index in [1.807, 2.05) is 42.3 Å². The Hall–Kier alpha value is -2.41. The van der Waals surface area contributed by atoms with E-state index in [2.05, 4.69) is 16.1 Å². The Labute approximate surface area is 150 Å². The predicted octanol–water partition coefficient (Wildman–Crippen LogP) is 2.79. The molecule has 1 unspecified atom stereocenters. The molecule has 0 bridgehead atoms. The number of hydrogen-bond donors (Lipinski definition) is 0. The van der Waals surface area contributed by atoms with Crippen LogP contribution >= 0.6 is 11.3 Å². The predicted molar refractivity (Wildman–Crippen MR) is 100.0 cm³/mol. The van der Waals surface area contributed by atoms with Crippen molar-refractivity contribution in [3.05, 3.63) is 42.7 Å². The molecule has 3 heterocycles. The van der Waals surface area contributed by atoms with Crippen molar-refractivity contribution in [2.75, 3.05) is 31.1 Å². The van der Waals surface area contributed by atoms with Crippen LogP contribution in [0.5, 0.6) is 0 Å². The number of nitrogens with zero attached hydrogens (tertiary/aromatic N) is 5. The number of carbonyl (C=O) groups is 1. The molecule has 3 aromatic rings. The molecule has 0 aliphatic carbocycles. The van der Waals surface area contributed by atoms with E-state index in [1.54, 1.807) is 22.2 Å². The SMILES string of the molecule is CCC(C(=O)N1CCN(c2nc3ccccc3s2)CC1)n1cccn1. The lowest BCUT2D eigenvalue weighted by Crippen LogP contribution is -2.50. The average molecular weight is 355 g/mol. The zero-order valence-corrected chi connectivity index (χ0v) is 15.0. The number of amides is 1. The fourth-order valence-electron chi connectivity index (χ4n) is 3.26. The van der Waals surface area contributed by atoms with Crippen LogP contribution in [0.4, 0.5) is 5.13 Å². The minimum atomic E-state index is -0.205. The van der Waals surface area contributed by atoms with Crippen LogP contribution in [-0.2, 0) is 4.79 Å². The Bertz CT molecular complexity index is 818. The molecule has 25 heavy (non-hydrogen) atoms. The maximum Gasteiger partial charge on any atom is 0.247 e. The van der Waals surface area contributed by atoms with Gasteiger partial charge >= 0.3 is 0 Å². The first-order valence-corrected chi connectivity index (χ1v) is 9.46. The molecule has 1 aliphatic rings. The molecule has 6 nitrogen and oxygen atoms in total. The summed E-state index contributed by atoms with van der Waals surface area (Å²) < 4.78 is 2.98. The molecule has 130 valence electrons. The smallest absolute Gasteiger partial charge is 0.247 e. The van der Waals surface area contributed by atoms with Crippen molar-refractivity contribution in [3.63, 3.8) is 0 Å². The number of para-hydroxylation sites is 1. The number of fused-ring (bicyclic) bond motifs is 1. The highest BCUT2D eigenvalue weighted by Crippen LogP contribution is 2.29. The van der Waals surface area contributed by atoms with Crippen molar-refractivity contribution in [3.8, 4) is 0 Å². The maximum absolute atomic E-state index is 12.8.